The molecule has 2 heterocycles. The van der Waals surface area contributed by atoms with Gasteiger partial charge in [-0.1, -0.05) is 46.2 Å². The van der Waals surface area contributed by atoms with Gasteiger partial charge in [-0.2, -0.15) is 0 Å². The van der Waals surface area contributed by atoms with Crippen LogP contribution in [0.25, 0.3) is 11.0 Å². The fourth-order valence-corrected chi connectivity index (χ4v) is 3.85. The van der Waals surface area contributed by atoms with Crippen LogP contribution in [0.15, 0.2) is 24.3 Å². The Bertz CT molecular complexity index is 970. The lowest BCUT2D eigenvalue weighted by molar-refractivity contribution is -0.142. The standard InChI is InChI=1S/C22H31N5O4/c1-5-14(4)18(19(28)23-16(20(29)30)12-13(2)3)25-22(31)27-11-10-26-17-9-7-6-8-15(17)24-21(26)27/h6-9,13-14,16,18H,5,10-12H2,1-4H3,(H,23,28)(H,25,31)(H,29,30). The van der Waals surface area contributed by atoms with E-state index >= 15 is 0 Å². The van der Waals surface area contributed by atoms with Gasteiger partial charge in [-0.05, 0) is 30.4 Å². The minimum absolute atomic E-state index is 0.107. The van der Waals surface area contributed by atoms with E-state index in [1.165, 1.54) is 4.90 Å². The van der Waals surface area contributed by atoms with E-state index in [2.05, 4.69) is 15.6 Å². The molecule has 31 heavy (non-hydrogen) atoms. The number of imidazole rings is 1. The number of aliphatic carboxylic acids is 1. The lowest BCUT2D eigenvalue weighted by atomic mass is 9.97. The Morgan fingerprint density at radius 3 is 2.48 bits per heavy atom. The van der Waals surface area contributed by atoms with Crippen molar-refractivity contribution in [1.82, 2.24) is 20.2 Å². The second-order valence-corrected chi connectivity index (χ2v) is 8.55. The largest absolute Gasteiger partial charge is 0.480 e. The predicted molar refractivity (Wildman–Crippen MR) is 118 cm³/mol. The fraction of sp³-hybridized carbons (Fsp3) is 0.545. The molecule has 0 radical (unpaired) electrons. The van der Waals surface area contributed by atoms with E-state index in [1.54, 1.807) is 0 Å². The number of amides is 3. The van der Waals surface area contributed by atoms with Crippen LogP contribution < -0.4 is 15.5 Å². The van der Waals surface area contributed by atoms with Crippen LogP contribution in [-0.2, 0) is 16.1 Å². The summed E-state index contributed by atoms with van der Waals surface area (Å²) in [5, 5.41) is 14.9. The summed E-state index contributed by atoms with van der Waals surface area (Å²) in [5.74, 6) is -1.08. The lowest BCUT2D eigenvalue weighted by Gasteiger charge is -2.27. The molecule has 168 valence electrons. The summed E-state index contributed by atoms with van der Waals surface area (Å²) in [7, 11) is 0. The highest BCUT2D eigenvalue weighted by Crippen LogP contribution is 2.27. The van der Waals surface area contributed by atoms with E-state index in [1.807, 2.05) is 56.5 Å². The smallest absolute Gasteiger partial charge is 0.326 e. The van der Waals surface area contributed by atoms with Crippen molar-refractivity contribution in [1.29, 1.82) is 0 Å². The summed E-state index contributed by atoms with van der Waals surface area (Å²) < 4.78 is 1.98. The maximum absolute atomic E-state index is 13.1. The highest BCUT2D eigenvalue weighted by Gasteiger charge is 2.34. The molecule has 1 aliphatic rings. The number of fused-ring (bicyclic) bond motifs is 3. The summed E-state index contributed by atoms with van der Waals surface area (Å²) in [6.07, 6.45) is 0.969. The molecule has 0 fully saturated rings. The van der Waals surface area contributed by atoms with Crippen LogP contribution in [0.3, 0.4) is 0 Å². The molecule has 3 N–H and O–H groups in total. The van der Waals surface area contributed by atoms with Gasteiger partial charge in [0, 0.05) is 13.1 Å². The molecule has 3 unspecified atom stereocenters. The van der Waals surface area contributed by atoms with Crippen molar-refractivity contribution in [2.75, 3.05) is 11.4 Å². The molecule has 9 heteroatoms. The number of benzene rings is 1. The molecule has 9 nitrogen and oxygen atoms in total. The van der Waals surface area contributed by atoms with Gasteiger partial charge >= 0.3 is 12.0 Å². The Morgan fingerprint density at radius 2 is 1.84 bits per heavy atom. The van der Waals surface area contributed by atoms with Gasteiger partial charge in [0.1, 0.15) is 12.1 Å². The molecule has 1 aromatic heterocycles. The van der Waals surface area contributed by atoms with E-state index in [9.17, 15) is 19.5 Å². The van der Waals surface area contributed by atoms with Crippen molar-refractivity contribution in [2.24, 2.45) is 11.8 Å². The zero-order valence-corrected chi connectivity index (χ0v) is 18.5. The average molecular weight is 430 g/mol. The Hall–Kier alpha value is -3.10. The predicted octanol–water partition coefficient (Wildman–Crippen LogP) is 2.60. The first-order valence-corrected chi connectivity index (χ1v) is 10.8. The second kappa shape index (κ2) is 9.36. The van der Waals surface area contributed by atoms with Gasteiger partial charge in [-0.25, -0.2) is 14.6 Å². The average Bonchev–Trinajstić information content (AvgIpc) is 3.29. The van der Waals surface area contributed by atoms with Crippen LogP contribution >= 0.6 is 0 Å². The normalized spacial score (nSPS) is 16.1. The van der Waals surface area contributed by atoms with Crippen molar-refractivity contribution in [3.05, 3.63) is 24.3 Å². The monoisotopic (exact) mass is 429 g/mol. The number of urea groups is 1. The third-order valence-electron chi connectivity index (χ3n) is 5.76. The van der Waals surface area contributed by atoms with Crippen molar-refractivity contribution in [3.8, 4) is 0 Å². The Morgan fingerprint density at radius 1 is 1.13 bits per heavy atom. The van der Waals surface area contributed by atoms with Gasteiger partial charge in [-0.15, -0.1) is 0 Å². The molecular formula is C22H31N5O4. The number of nitrogens with one attached hydrogen (secondary N) is 2. The van der Waals surface area contributed by atoms with E-state index in [0.717, 1.165) is 11.0 Å². The number of hydrogen-bond donors (Lipinski definition) is 3. The topological polar surface area (TPSA) is 117 Å². The number of nitrogens with zero attached hydrogens (tertiary/aromatic N) is 3. The Kier molecular flexibility index (Phi) is 6.82. The molecule has 0 spiro atoms. The molecule has 3 rings (SSSR count). The molecule has 0 bridgehead atoms. The van der Waals surface area contributed by atoms with Crippen LogP contribution in [0.4, 0.5) is 10.7 Å². The molecule has 2 aromatic rings. The lowest BCUT2D eigenvalue weighted by Crippen LogP contribution is -2.56. The summed E-state index contributed by atoms with van der Waals surface area (Å²) in [5.41, 5.74) is 1.77. The zero-order valence-electron chi connectivity index (χ0n) is 18.5. The van der Waals surface area contributed by atoms with Gasteiger partial charge in [0.05, 0.1) is 11.0 Å². The van der Waals surface area contributed by atoms with Crippen molar-refractivity contribution in [2.45, 2.75) is 59.2 Å². The van der Waals surface area contributed by atoms with Gasteiger partial charge in [0.15, 0.2) is 0 Å². The highest BCUT2D eigenvalue weighted by molar-refractivity contribution is 5.97. The minimum atomic E-state index is -1.08. The van der Waals surface area contributed by atoms with Gasteiger partial charge in [0.25, 0.3) is 0 Å². The van der Waals surface area contributed by atoms with Crippen LogP contribution in [0.2, 0.25) is 0 Å². The number of carboxylic acids is 1. The summed E-state index contributed by atoms with van der Waals surface area (Å²) in [4.78, 5) is 43.7. The molecule has 3 atom stereocenters. The molecule has 0 saturated heterocycles. The number of anilines is 1. The Balaban J connectivity index is 1.76. The van der Waals surface area contributed by atoms with Crippen molar-refractivity contribution < 1.29 is 19.5 Å². The van der Waals surface area contributed by atoms with Crippen LogP contribution in [0, 0.1) is 11.8 Å². The van der Waals surface area contributed by atoms with Crippen LogP contribution in [0.1, 0.15) is 40.5 Å². The SMILES string of the molecule is CCC(C)C(NC(=O)N1CCn2c1nc1ccccc12)C(=O)NC(CC(C)C)C(=O)O. The third kappa shape index (κ3) is 4.81. The summed E-state index contributed by atoms with van der Waals surface area (Å²) in [6, 6.07) is 5.44. The number of carbonyl (C=O) groups is 3. The number of para-hydroxylation sites is 2. The fourth-order valence-electron chi connectivity index (χ4n) is 3.85. The van der Waals surface area contributed by atoms with Crippen LogP contribution in [0.5, 0.6) is 0 Å². The quantitative estimate of drug-likeness (QED) is 0.596. The van der Waals surface area contributed by atoms with Gasteiger partial charge < -0.3 is 20.3 Å². The molecule has 3 amide bonds. The second-order valence-electron chi connectivity index (χ2n) is 8.55. The highest BCUT2D eigenvalue weighted by atomic mass is 16.4. The molecular weight excluding hydrogens is 398 g/mol. The third-order valence-corrected chi connectivity index (χ3v) is 5.76. The summed E-state index contributed by atoms with van der Waals surface area (Å²) in [6.45, 7) is 8.67. The minimum Gasteiger partial charge on any atom is -0.480 e. The number of carboxylic acid groups (broad SMARTS) is 1. The maximum Gasteiger partial charge on any atom is 0.326 e. The zero-order chi connectivity index (χ0) is 22.7. The number of hydrogen-bond acceptors (Lipinski definition) is 4. The number of aromatic nitrogens is 2. The molecule has 0 aliphatic carbocycles. The van der Waals surface area contributed by atoms with E-state index in [0.29, 0.717) is 31.9 Å². The van der Waals surface area contributed by atoms with Crippen molar-refractivity contribution >= 4 is 34.9 Å². The molecule has 1 aromatic carbocycles. The van der Waals surface area contributed by atoms with Crippen molar-refractivity contribution in [3.63, 3.8) is 0 Å². The molecule has 1 aliphatic heterocycles. The molecule has 0 saturated carbocycles. The Labute approximate surface area is 181 Å². The first-order valence-electron chi connectivity index (χ1n) is 10.8. The van der Waals surface area contributed by atoms with E-state index in [4.69, 9.17) is 0 Å². The van der Waals surface area contributed by atoms with Gasteiger partial charge in [0.2, 0.25) is 11.9 Å². The number of carbonyl (C=O) groups excluding carboxylic acids is 2. The van der Waals surface area contributed by atoms with E-state index < -0.39 is 30.0 Å². The first-order chi connectivity index (χ1) is 14.7. The summed E-state index contributed by atoms with van der Waals surface area (Å²) >= 11 is 0. The number of rotatable bonds is 8. The van der Waals surface area contributed by atoms with E-state index in [-0.39, 0.29) is 11.8 Å². The maximum atomic E-state index is 13.1. The van der Waals surface area contributed by atoms with Crippen LogP contribution in [-0.4, -0.2) is 51.2 Å². The first kappa shape index (κ1) is 22.6. The van der Waals surface area contributed by atoms with Gasteiger partial charge in [-0.3, -0.25) is 9.69 Å².